The second kappa shape index (κ2) is 13.0. The molecule has 38 heavy (non-hydrogen) atoms. The number of nitrogens with zero attached hydrogens (tertiary/aromatic N) is 5. The Morgan fingerprint density at radius 2 is 1.68 bits per heavy atom. The van der Waals surface area contributed by atoms with Crippen LogP contribution in [0.5, 0.6) is 0 Å². The van der Waals surface area contributed by atoms with Gasteiger partial charge in [-0.2, -0.15) is 0 Å². The van der Waals surface area contributed by atoms with Crippen LogP contribution >= 0.6 is 0 Å². The predicted octanol–water partition coefficient (Wildman–Crippen LogP) is 3.46. The minimum absolute atomic E-state index is 0.0209. The molecule has 3 amide bonds. The lowest BCUT2D eigenvalue weighted by atomic mass is 9.94. The number of piperidine rings is 1. The molecule has 0 bridgehead atoms. The van der Waals surface area contributed by atoms with Crippen molar-refractivity contribution in [3.05, 3.63) is 59.4 Å². The summed E-state index contributed by atoms with van der Waals surface area (Å²) in [6.07, 6.45) is 3.84. The molecule has 1 fully saturated rings. The molecule has 8 nitrogen and oxygen atoms in total. The van der Waals surface area contributed by atoms with E-state index in [0.29, 0.717) is 39.0 Å². The molecule has 1 unspecified atom stereocenters. The van der Waals surface area contributed by atoms with Crippen LogP contribution in [0.15, 0.2) is 42.5 Å². The summed E-state index contributed by atoms with van der Waals surface area (Å²) in [5.74, 6) is 0.470. The highest BCUT2D eigenvalue weighted by Crippen LogP contribution is 2.27. The molecule has 3 heterocycles. The molecule has 4 rings (SSSR count). The Bertz CT molecular complexity index is 1140. The largest absolute Gasteiger partial charge is 0.342 e. The van der Waals surface area contributed by atoms with Gasteiger partial charge in [0.1, 0.15) is 0 Å². The average molecular weight is 520 g/mol. The molecule has 2 aliphatic rings. The van der Waals surface area contributed by atoms with Crippen molar-refractivity contribution in [2.75, 3.05) is 51.2 Å². The van der Waals surface area contributed by atoms with Gasteiger partial charge in [-0.25, -0.2) is 0 Å². The second-order valence-electron chi connectivity index (χ2n) is 10.6. The van der Waals surface area contributed by atoms with Crippen molar-refractivity contribution in [1.29, 1.82) is 0 Å². The summed E-state index contributed by atoms with van der Waals surface area (Å²) in [5, 5.41) is 0. The molecule has 0 saturated carbocycles. The molecule has 204 valence electrons. The number of fused-ring (bicyclic) bond motifs is 1. The summed E-state index contributed by atoms with van der Waals surface area (Å²) in [4.78, 5) is 50.6. The molecule has 1 aromatic carbocycles. The van der Waals surface area contributed by atoms with Crippen LogP contribution in [0, 0.1) is 0 Å². The molecule has 2 aromatic rings. The first kappa shape index (κ1) is 27.8. The maximum Gasteiger partial charge on any atom is 0.223 e. The van der Waals surface area contributed by atoms with Crippen molar-refractivity contribution in [2.45, 2.75) is 58.4 Å². The van der Waals surface area contributed by atoms with E-state index in [1.54, 1.807) is 13.8 Å². The topological polar surface area (TPSA) is 77.1 Å². The Morgan fingerprint density at radius 1 is 0.868 bits per heavy atom. The molecule has 1 saturated heterocycles. The average Bonchev–Trinajstić information content (AvgIpc) is 2.95. The van der Waals surface area contributed by atoms with Crippen molar-refractivity contribution < 1.29 is 14.4 Å². The number of benzene rings is 1. The van der Waals surface area contributed by atoms with Crippen LogP contribution in [-0.2, 0) is 27.3 Å². The lowest BCUT2D eigenvalue weighted by Crippen LogP contribution is -2.38. The van der Waals surface area contributed by atoms with Crippen molar-refractivity contribution in [3.63, 3.8) is 0 Å². The molecule has 0 N–H and O–H groups in total. The van der Waals surface area contributed by atoms with Crippen molar-refractivity contribution in [2.24, 2.45) is 0 Å². The number of hydrogen-bond donors (Lipinski definition) is 0. The zero-order valence-electron chi connectivity index (χ0n) is 23.1. The first-order chi connectivity index (χ1) is 18.3. The van der Waals surface area contributed by atoms with Gasteiger partial charge in [-0.05, 0) is 63.0 Å². The zero-order chi connectivity index (χ0) is 27.1. The number of amides is 3. The third-order valence-corrected chi connectivity index (χ3v) is 7.76. The molecule has 1 atom stereocenters. The maximum atomic E-state index is 13.5. The fraction of sp³-hybridized carbons (Fsp3) is 0.533. The quantitative estimate of drug-likeness (QED) is 0.618. The Kier molecular flexibility index (Phi) is 9.50. The minimum atomic E-state index is 0.0209. The Morgan fingerprint density at radius 3 is 2.47 bits per heavy atom. The summed E-state index contributed by atoms with van der Waals surface area (Å²) >= 11 is 0. The molecule has 1 aromatic heterocycles. The SMILES string of the molecule is CC(=O)N1CCCC(c2cccc(CCC(=O)N3CCN(C)CCCN(C(C)=O)c4ccccc4C3)n2)C1. The van der Waals surface area contributed by atoms with E-state index in [9.17, 15) is 14.4 Å². The number of carbonyl (C=O) groups excluding carboxylic acids is 3. The number of aryl methyl sites for hydroxylation is 1. The Labute approximate surface area is 226 Å². The summed E-state index contributed by atoms with van der Waals surface area (Å²) < 4.78 is 0. The van der Waals surface area contributed by atoms with E-state index in [4.69, 9.17) is 4.98 Å². The van der Waals surface area contributed by atoms with Gasteiger partial charge in [0.15, 0.2) is 0 Å². The highest BCUT2D eigenvalue weighted by atomic mass is 16.2. The van der Waals surface area contributed by atoms with Gasteiger partial charge in [-0.1, -0.05) is 24.3 Å². The predicted molar refractivity (Wildman–Crippen MR) is 149 cm³/mol. The van der Waals surface area contributed by atoms with Gasteiger partial charge >= 0.3 is 0 Å². The normalized spacial score (nSPS) is 19.4. The van der Waals surface area contributed by atoms with Crippen LogP contribution in [0.1, 0.15) is 62.4 Å². The summed E-state index contributed by atoms with van der Waals surface area (Å²) in [6.45, 7) is 8.20. The minimum Gasteiger partial charge on any atom is -0.342 e. The smallest absolute Gasteiger partial charge is 0.223 e. The molecule has 0 radical (unpaired) electrons. The first-order valence-corrected chi connectivity index (χ1v) is 13.9. The third-order valence-electron chi connectivity index (χ3n) is 7.76. The van der Waals surface area contributed by atoms with E-state index in [-0.39, 0.29) is 23.6 Å². The van der Waals surface area contributed by atoms with Crippen molar-refractivity contribution in [3.8, 4) is 0 Å². The molecule has 0 spiro atoms. The van der Waals surface area contributed by atoms with Crippen LogP contribution in [0.3, 0.4) is 0 Å². The van der Waals surface area contributed by atoms with Gasteiger partial charge in [0, 0.05) is 82.5 Å². The summed E-state index contributed by atoms with van der Waals surface area (Å²) in [6, 6.07) is 14.0. The molecular formula is C30H41N5O3. The Hall–Kier alpha value is -3.26. The van der Waals surface area contributed by atoms with E-state index in [2.05, 4.69) is 11.9 Å². The van der Waals surface area contributed by atoms with Crippen LogP contribution in [0.4, 0.5) is 5.69 Å². The maximum absolute atomic E-state index is 13.5. The van der Waals surface area contributed by atoms with Crippen LogP contribution in [0.25, 0.3) is 0 Å². The lowest BCUT2D eigenvalue weighted by Gasteiger charge is -2.31. The van der Waals surface area contributed by atoms with Gasteiger partial charge < -0.3 is 19.6 Å². The molecule has 2 aliphatic heterocycles. The van der Waals surface area contributed by atoms with Crippen LogP contribution in [-0.4, -0.2) is 83.7 Å². The van der Waals surface area contributed by atoms with E-state index in [1.165, 1.54) is 0 Å². The number of para-hydroxylation sites is 1. The van der Waals surface area contributed by atoms with Gasteiger partial charge in [-0.3, -0.25) is 19.4 Å². The lowest BCUT2D eigenvalue weighted by molar-refractivity contribution is -0.132. The third kappa shape index (κ3) is 7.19. The molecule has 8 heteroatoms. The Balaban J connectivity index is 1.46. The van der Waals surface area contributed by atoms with Gasteiger partial charge in [0.25, 0.3) is 0 Å². The number of likely N-dealkylation sites (N-methyl/N-ethyl adjacent to an activating group) is 1. The van der Waals surface area contributed by atoms with Gasteiger partial charge in [0.05, 0.1) is 0 Å². The van der Waals surface area contributed by atoms with Crippen molar-refractivity contribution in [1.82, 2.24) is 19.7 Å². The fourth-order valence-corrected chi connectivity index (χ4v) is 5.52. The number of anilines is 1. The van der Waals surface area contributed by atoms with Gasteiger partial charge in [0.2, 0.25) is 17.7 Å². The van der Waals surface area contributed by atoms with Crippen LogP contribution < -0.4 is 4.90 Å². The molecular weight excluding hydrogens is 478 g/mol. The number of hydrogen-bond acceptors (Lipinski definition) is 5. The van der Waals surface area contributed by atoms with E-state index >= 15 is 0 Å². The van der Waals surface area contributed by atoms with Crippen molar-refractivity contribution >= 4 is 23.4 Å². The number of pyridine rings is 1. The monoisotopic (exact) mass is 519 g/mol. The number of aromatic nitrogens is 1. The van der Waals surface area contributed by atoms with E-state index in [0.717, 1.165) is 61.5 Å². The summed E-state index contributed by atoms with van der Waals surface area (Å²) in [5.41, 5.74) is 3.81. The highest BCUT2D eigenvalue weighted by Gasteiger charge is 2.25. The van der Waals surface area contributed by atoms with E-state index in [1.807, 2.05) is 57.2 Å². The first-order valence-electron chi connectivity index (χ1n) is 13.9. The second-order valence-corrected chi connectivity index (χ2v) is 10.6. The zero-order valence-corrected chi connectivity index (χ0v) is 23.1. The molecule has 0 aliphatic carbocycles. The summed E-state index contributed by atoms with van der Waals surface area (Å²) in [7, 11) is 2.07. The fourth-order valence-electron chi connectivity index (χ4n) is 5.52. The number of likely N-dealkylation sites (tertiary alicyclic amines) is 1. The van der Waals surface area contributed by atoms with E-state index < -0.39 is 0 Å². The standard InChI is InChI=1S/C30H41N5O3/c1-23(36)33-17-7-10-25(21-33)28-12-6-11-27(31-28)14-15-30(38)34-20-19-32(3)16-8-18-35(24(2)37)29-13-5-4-9-26(29)22-34/h4-6,9,11-13,25H,7-8,10,14-22H2,1-3H3. The van der Waals surface area contributed by atoms with Gasteiger partial charge in [-0.15, -0.1) is 0 Å². The number of carbonyl (C=O) groups is 3. The number of rotatable bonds is 4. The van der Waals surface area contributed by atoms with Crippen LogP contribution in [0.2, 0.25) is 0 Å². The highest BCUT2D eigenvalue weighted by molar-refractivity contribution is 5.92.